The lowest BCUT2D eigenvalue weighted by Crippen LogP contribution is -3.06. The van der Waals surface area contributed by atoms with Gasteiger partial charge in [-0.3, -0.25) is 9.59 Å². The van der Waals surface area contributed by atoms with E-state index in [9.17, 15) is 19.5 Å². The van der Waals surface area contributed by atoms with E-state index in [1.54, 1.807) is 48.5 Å². The molecule has 1 unspecified atom stereocenters. The molecule has 3 aromatic rings. The number of ether oxygens (including phenoxy) is 2. The van der Waals surface area contributed by atoms with Crippen LogP contribution in [0, 0.1) is 6.92 Å². The number of amides is 1. The number of quaternary nitrogens is 1. The fraction of sp³-hybridized carbons (Fsp3) is 0.258. The number of hydrogen-bond acceptors (Lipinski definition) is 6. The maximum atomic E-state index is 13.7. The first-order chi connectivity index (χ1) is 18.7. The van der Waals surface area contributed by atoms with E-state index in [0.29, 0.717) is 36.6 Å². The van der Waals surface area contributed by atoms with Crippen LogP contribution in [0.4, 0.5) is 0 Å². The number of Topliss-reactive ketones (excluding diaryl/α,β-unsaturated/α-hetero) is 1. The Morgan fingerprint density at radius 1 is 0.949 bits per heavy atom. The smallest absolute Gasteiger partial charge is 0.337 e. The summed E-state index contributed by atoms with van der Waals surface area (Å²) in [5, 5.41) is 13.7. The predicted octanol–water partition coefficient (Wildman–Crippen LogP) is 1.73. The first-order valence-electron chi connectivity index (χ1n) is 12.7. The number of aryl methyl sites for hydroxylation is 1. The third kappa shape index (κ3) is 6.02. The highest BCUT2D eigenvalue weighted by Crippen LogP contribution is 2.38. The Morgan fingerprint density at radius 3 is 2.21 bits per heavy atom. The van der Waals surface area contributed by atoms with Gasteiger partial charge < -0.3 is 24.4 Å². The van der Waals surface area contributed by atoms with Crippen molar-refractivity contribution >= 4 is 23.4 Å². The van der Waals surface area contributed by atoms with Gasteiger partial charge in [-0.25, -0.2) is 4.79 Å². The monoisotopic (exact) mass is 528 g/mol. The second-order valence-corrected chi connectivity index (χ2v) is 9.78. The van der Waals surface area contributed by atoms with Gasteiger partial charge in [0, 0.05) is 5.57 Å². The third-order valence-electron chi connectivity index (χ3n) is 6.80. The van der Waals surface area contributed by atoms with Gasteiger partial charge in [-0.2, -0.15) is 0 Å². The third-order valence-corrected chi connectivity index (χ3v) is 6.80. The number of likely N-dealkylation sites (tertiary alicyclic amines) is 1. The van der Waals surface area contributed by atoms with Crippen LogP contribution in [0.25, 0.3) is 5.76 Å². The van der Waals surface area contributed by atoms with Gasteiger partial charge in [0.1, 0.15) is 12.4 Å². The molecular formula is C31H32N2O6. The lowest BCUT2D eigenvalue weighted by atomic mass is 9.94. The van der Waals surface area contributed by atoms with Crippen LogP contribution in [0.1, 0.15) is 38.7 Å². The largest absolute Gasteiger partial charge is 0.872 e. The number of benzene rings is 3. The molecule has 0 spiro atoms. The zero-order chi connectivity index (χ0) is 28.1. The van der Waals surface area contributed by atoms with Crippen molar-refractivity contribution in [1.29, 1.82) is 0 Å². The molecule has 1 saturated heterocycles. The lowest BCUT2D eigenvalue weighted by molar-refractivity contribution is -0.857. The van der Waals surface area contributed by atoms with E-state index in [4.69, 9.17) is 9.47 Å². The molecule has 0 aromatic heterocycles. The summed E-state index contributed by atoms with van der Waals surface area (Å²) in [7, 11) is 5.18. The van der Waals surface area contributed by atoms with Gasteiger partial charge in [0.15, 0.2) is 0 Å². The normalized spacial score (nSPS) is 16.5. The first kappa shape index (κ1) is 27.6. The van der Waals surface area contributed by atoms with Crippen molar-refractivity contribution in [2.75, 3.05) is 34.3 Å². The summed E-state index contributed by atoms with van der Waals surface area (Å²) in [4.78, 5) is 40.7. The SMILES string of the molecule is COC(=O)c1ccc(C2/C(=C(\[O-])c3ccc(OCc4ccccc4C)cc3)C(=O)C(=O)N2CC[NH+](C)C)cc1. The van der Waals surface area contributed by atoms with Gasteiger partial charge in [-0.1, -0.05) is 54.3 Å². The summed E-state index contributed by atoms with van der Waals surface area (Å²) in [5.41, 5.74) is 3.26. The molecule has 39 heavy (non-hydrogen) atoms. The number of hydrogen-bond donors (Lipinski definition) is 1. The van der Waals surface area contributed by atoms with Crippen LogP contribution in [-0.2, 0) is 20.9 Å². The van der Waals surface area contributed by atoms with Crippen molar-refractivity contribution in [3.8, 4) is 5.75 Å². The van der Waals surface area contributed by atoms with E-state index in [1.807, 2.05) is 45.3 Å². The van der Waals surface area contributed by atoms with Crippen LogP contribution >= 0.6 is 0 Å². The van der Waals surface area contributed by atoms with E-state index < -0.39 is 29.5 Å². The number of likely N-dealkylation sites (N-methyl/N-ethyl adjacent to an activating group) is 1. The molecule has 1 amide bonds. The van der Waals surface area contributed by atoms with Crippen LogP contribution in [-0.4, -0.2) is 56.9 Å². The topological polar surface area (TPSA) is 100 Å². The standard InChI is InChI=1S/C31H32N2O6/c1-20-7-5-6-8-24(20)19-39-25-15-13-22(14-16-25)28(34)26-27(21-9-11-23(12-10-21)31(37)38-4)33(18-17-32(2)3)30(36)29(26)35/h5-16,27,34H,17-19H2,1-4H3/b28-26+. The van der Waals surface area contributed by atoms with Crippen LogP contribution in [0.3, 0.4) is 0 Å². The molecule has 0 saturated carbocycles. The van der Waals surface area contributed by atoms with Gasteiger partial charge >= 0.3 is 5.97 Å². The summed E-state index contributed by atoms with van der Waals surface area (Å²) < 4.78 is 10.7. The average Bonchev–Trinajstić information content (AvgIpc) is 3.20. The Kier molecular flexibility index (Phi) is 8.46. The zero-order valence-corrected chi connectivity index (χ0v) is 22.5. The highest BCUT2D eigenvalue weighted by molar-refractivity contribution is 6.46. The minimum atomic E-state index is -0.861. The van der Waals surface area contributed by atoms with Gasteiger partial charge in [-0.15, -0.1) is 0 Å². The lowest BCUT2D eigenvalue weighted by Gasteiger charge is -2.28. The Bertz CT molecular complexity index is 1390. The molecule has 4 rings (SSSR count). The number of carbonyl (C=O) groups excluding carboxylic acids is 3. The molecule has 1 aliphatic rings. The molecule has 1 aliphatic heterocycles. The van der Waals surface area contributed by atoms with Crippen molar-refractivity contribution in [3.05, 3.63) is 106 Å². The zero-order valence-electron chi connectivity index (χ0n) is 22.5. The number of nitrogens with zero attached hydrogens (tertiary/aromatic N) is 1. The molecular weight excluding hydrogens is 496 g/mol. The maximum Gasteiger partial charge on any atom is 0.337 e. The quantitative estimate of drug-likeness (QED) is 0.197. The molecule has 1 fully saturated rings. The minimum absolute atomic E-state index is 0.104. The Balaban J connectivity index is 1.66. The molecule has 1 heterocycles. The van der Waals surface area contributed by atoms with Crippen molar-refractivity contribution < 1.29 is 33.9 Å². The number of rotatable bonds is 9. The summed E-state index contributed by atoms with van der Waals surface area (Å²) in [6, 6.07) is 20.0. The van der Waals surface area contributed by atoms with E-state index in [-0.39, 0.29) is 11.1 Å². The maximum absolute atomic E-state index is 13.7. The van der Waals surface area contributed by atoms with Crippen molar-refractivity contribution in [2.45, 2.75) is 19.6 Å². The van der Waals surface area contributed by atoms with Gasteiger partial charge in [0.05, 0.1) is 45.9 Å². The summed E-state index contributed by atoms with van der Waals surface area (Å²) >= 11 is 0. The molecule has 202 valence electrons. The number of ketones is 1. The highest BCUT2D eigenvalue weighted by Gasteiger charge is 2.44. The second-order valence-electron chi connectivity index (χ2n) is 9.78. The number of esters is 1. The van der Waals surface area contributed by atoms with E-state index in [0.717, 1.165) is 16.0 Å². The molecule has 8 nitrogen and oxygen atoms in total. The van der Waals surface area contributed by atoms with Crippen LogP contribution in [0.15, 0.2) is 78.4 Å². The van der Waals surface area contributed by atoms with Gasteiger partial charge in [-0.05, 0) is 53.4 Å². The van der Waals surface area contributed by atoms with Gasteiger partial charge in [0.2, 0.25) is 5.78 Å². The van der Waals surface area contributed by atoms with Gasteiger partial charge in [0.25, 0.3) is 5.91 Å². The Hall–Kier alpha value is -4.43. The van der Waals surface area contributed by atoms with Crippen LogP contribution in [0.5, 0.6) is 5.75 Å². The molecule has 8 heteroatoms. The molecule has 0 bridgehead atoms. The predicted molar refractivity (Wildman–Crippen MR) is 144 cm³/mol. The highest BCUT2D eigenvalue weighted by atomic mass is 16.5. The molecule has 0 aliphatic carbocycles. The first-order valence-corrected chi connectivity index (χ1v) is 12.7. The summed E-state index contributed by atoms with van der Waals surface area (Å²) in [6.45, 7) is 3.28. The van der Waals surface area contributed by atoms with Crippen molar-refractivity contribution in [1.82, 2.24) is 4.90 Å². The van der Waals surface area contributed by atoms with E-state index in [1.165, 1.54) is 12.0 Å². The fourth-order valence-electron chi connectivity index (χ4n) is 4.50. The van der Waals surface area contributed by atoms with Crippen molar-refractivity contribution in [3.63, 3.8) is 0 Å². The summed E-state index contributed by atoms with van der Waals surface area (Å²) in [5.74, 6) is -1.95. The average molecular weight is 529 g/mol. The number of nitrogens with one attached hydrogen (secondary N) is 1. The molecule has 1 atom stereocenters. The summed E-state index contributed by atoms with van der Waals surface area (Å²) in [6.07, 6.45) is 0. The number of carbonyl (C=O) groups is 3. The van der Waals surface area contributed by atoms with Crippen LogP contribution in [0.2, 0.25) is 0 Å². The van der Waals surface area contributed by atoms with Crippen molar-refractivity contribution in [2.24, 2.45) is 0 Å². The Morgan fingerprint density at radius 2 is 1.59 bits per heavy atom. The van der Waals surface area contributed by atoms with E-state index in [2.05, 4.69) is 0 Å². The molecule has 1 N–H and O–H groups in total. The minimum Gasteiger partial charge on any atom is -0.872 e. The Labute approximate surface area is 228 Å². The second kappa shape index (κ2) is 12.0. The van der Waals surface area contributed by atoms with E-state index >= 15 is 0 Å². The number of methoxy groups -OCH3 is 1. The molecule has 3 aromatic carbocycles. The van der Waals surface area contributed by atoms with Crippen LogP contribution < -0.4 is 14.7 Å². The molecule has 0 radical (unpaired) electrons. The fourth-order valence-corrected chi connectivity index (χ4v) is 4.50.